The summed E-state index contributed by atoms with van der Waals surface area (Å²) in [7, 11) is 3.76. The van der Waals surface area contributed by atoms with Crippen LogP contribution in [0, 0.1) is 0 Å². The normalized spacial score (nSPS) is 12.8. The quantitative estimate of drug-likeness (QED) is 0.515. The first kappa shape index (κ1) is 3.75. The molecule has 5 heavy (non-hydrogen) atoms. The summed E-state index contributed by atoms with van der Waals surface area (Å²) >= 11 is 0. The zero-order valence-corrected chi connectivity index (χ0v) is 5.01. The summed E-state index contributed by atoms with van der Waals surface area (Å²) in [6.45, 7) is 0. The first-order chi connectivity index (χ1) is 2.50. The molecule has 0 saturated heterocycles. The molecular weight excluding hydrogens is 121 g/mol. The molecule has 0 amide bonds. The molecule has 0 N–H and O–H groups in total. The Bertz CT molecular complexity index is 63.4. The molecular formula is CHOP3. The minimum absolute atomic E-state index is 1.10. The van der Waals surface area contributed by atoms with Gasteiger partial charge in [0.1, 0.15) is 5.99 Å². The summed E-state index contributed by atoms with van der Waals surface area (Å²) in [6, 6.07) is 0. The molecule has 0 aliphatic heterocycles. The Balaban J connectivity index is 3.13. The molecule has 1 aromatic rings. The Morgan fingerprint density at radius 3 is 2.80 bits per heavy atom. The lowest BCUT2D eigenvalue weighted by Crippen LogP contribution is -1.01. The van der Waals surface area contributed by atoms with Gasteiger partial charge in [0.05, 0.1) is 0 Å². The van der Waals surface area contributed by atoms with Crippen LogP contribution in [0.2, 0.25) is 0 Å². The molecule has 0 unspecified atom stereocenters. The van der Waals surface area contributed by atoms with Crippen LogP contribution in [0.1, 0.15) is 0 Å². The van der Waals surface area contributed by atoms with Gasteiger partial charge >= 0.3 is 0 Å². The van der Waals surface area contributed by atoms with E-state index in [9.17, 15) is 0 Å². The van der Waals surface area contributed by atoms with Crippen LogP contribution in [0.4, 0.5) is 0 Å². The van der Waals surface area contributed by atoms with Gasteiger partial charge in [-0.2, -0.15) is 0 Å². The number of rotatable bonds is 0. The highest BCUT2D eigenvalue weighted by Gasteiger charge is 1.63. The Hall–Kier alpha value is 0.570. The molecule has 0 atom stereocenters. The van der Waals surface area contributed by atoms with E-state index in [1.165, 1.54) is 15.4 Å². The number of hydrogen-bond donors (Lipinski definition) is 0. The van der Waals surface area contributed by atoms with Gasteiger partial charge in [0.2, 0.25) is 0 Å². The third-order valence-corrected chi connectivity index (χ3v) is 3.65. The van der Waals surface area contributed by atoms with E-state index in [2.05, 4.69) is 0 Å². The third kappa shape index (κ3) is 0.973. The van der Waals surface area contributed by atoms with Crippen molar-refractivity contribution in [1.29, 1.82) is 0 Å². The Kier molecular flexibility index (Phi) is 1.41. The standard InChI is InChI=1S/CHOP3/c1-2-4-5-3-1/h1H. The molecule has 0 spiro atoms. The lowest BCUT2D eigenvalue weighted by molar-refractivity contribution is 0.709. The SMILES string of the molecule is c1oppp1. The Morgan fingerprint density at radius 1 is 1.60 bits per heavy atom. The van der Waals surface area contributed by atoms with Crippen molar-refractivity contribution >= 4 is 23.5 Å². The molecule has 4 heteroatoms. The van der Waals surface area contributed by atoms with Crippen molar-refractivity contribution in [1.82, 2.24) is 0 Å². The van der Waals surface area contributed by atoms with Crippen LogP contribution in [-0.2, 0) is 0 Å². The third-order valence-electron chi connectivity index (χ3n) is 0.230. The van der Waals surface area contributed by atoms with E-state index < -0.39 is 0 Å². The first-order valence-corrected chi connectivity index (χ1v) is 5.16. The summed E-state index contributed by atoms with van der Waals surface area (Å²) in [5.41, 5.74) is 0. The molecule has 0 radical (unpaired) electrons. The van der Waals surface area contributed by atoms with Crippen molar-refractivity contribution in [2.24, 2.45) is 0 Å². The van der Waals surface area contributed by atoms with Gasteiger partial charge in [-0.25, -0.2) is 0 Å². The van der Waals surface area contributed by atoms with E-state index in [0.717, 1.165) is 8.11 Å². The van der Waals surface area contributed by atoms with E-state index >= 15 is 0 Å². The van der Waals surface area contributed by atoms with Crippen molar-refractivity contribution in [3.63, 3.8) is 0 Å². The van der Waals surface area contributed by atoms with E-state index in [1.807, 2.05) is 5.99 Å². The predicted molar refractivity (Wildman–Crippen MR) is 26.2 cm³/mol. The lowest BCUT2D eigenvalue weighted by atomic mass is 11.8. The fourth-order valence-corrected chi connectivity index (χ4v) is 2.85. The lowest BCUT2D eigenvalue weighted by Gasteiger charge is -1.46. The second-order valence-corrected chi connectivity index (χ2v) is 4.82. The van der Waals surface area contributed by atoms with Crippen LogP contribution in [0.25, 0.3) is 0 Å². The fraction of sp³-hybridized carbons (Fsp3) is 0. The predicted octanol–water partition coefficient (Wildman–Crippen LogP) is 3.02. The monoisotopic (exact) mass is 122 g/mol. The van der Waals surface area contributed by atoms with E-state index in [-0.39, 0.29) is 0 Å². The summed E-state index contributed by atoms with van der Waals surface area (Å²) in [5, 5.41) is 0. The second kappa shape index (κ2) is 1.88. The van der Waals surface area contributed by atoms with Crippen LogP contribution >= 0.6 is 23.5 Å². The number of hydrogen-bond acceptors (Lipinski definition) is 1. The molecule has 0 aliphatic carbocycles. The molecule has 0 bridgehead atoms. The molecule has 1 aromatic heterocycles. The summed E-state index contributed by atoms with van der Waals surface area (Å²) in [6.07, 6.45) is 0. The van der Waals surface area contributed by atoms with Gasteiger partial charge in [-0.15, -0.1) is 0 Å². The second-order valence-electron chi connectivity index (χ2n) is 0.497. The molecule has 0 fully saturated rings. The zero-order chi connectivity index (χ0) is 3.54. The largest absolute Gasteiger partial charge is 0.437 e. The maximum absolute atomic E-state index is 4.77. The average molecular weight is 122 g/mol. The molecule has 26 valence electrons. The van der Waals surface area contributed by atoms with Crippen molar-refractivity contribution in [3.05, 3.63) is 5.99 Å². The fourth-order valence-electron chi connectivity index (χ4n) is 0.105. The molecule has 1 heterocycles. The Morgan fingerprint density at radius 2 is 2.60 bits per heavy atom. The molecule has 0 aliphatic rings. The topological polar surface area (TPSA) is 13.1 Å². The van der Waals surface area contributed by atoms with Crippen LogP contribution in [0.3, 0.4) is 0 Å². The highest BCUT2D eigenvalue weighted by Crippen LogP contribution is 2.30. The van der Waals surface area contributed by atoms with Crippen LogP contribution in [0.15, 0.2) is 10.2 Å². The van der Waals surface area contributed by atoms with Gasteiger partial charge in [-0.3, -0.25) is 0 Å². The molecule has 0 aromatic carbocycles. The smallest absolute Gasteiger partial charge is 0.161 e. The summed E-state index contributed by atoms with van der Waals surface area (Å²) < 4.78 is 4.77. The van der Waals surface area contributed by atoms with Crippen molar-refractivity contribution < 1.29 is 4.20 Å². The zero-order valence-electron chi connectivity index (χ0n) is 2.33. The Labute approximate surface area is 34.6 Å². The van der Waals surface area contributed by atoms with E-state index in [0.29, 0.717) is 0 Å². The van der Waals surface area contributed by atoms with Crippen molar-refractivity contribution in [2.45, 2.75) is 0 Å². The minimum Gasteiger partial charge on any atom is -0.437 e. The van der Waals surface area contributed by atoms with Gasteiger partial charge in [0, 0.05) is 15.4 Å². The van der Waals surface area contributed by atoms with Crippen LogP contribution in [-0.4, -0.2) is 0 Å². The van der Waals surface area contributed by atoms with Gasteiger partial charge in [0.15, 0.2) is 8.11 Å². The van der Waals surface area contributed by atoms with Gasteiger partial charge in [-0.1, -0.05) is 0 Å². The van der Waals surface area contributed by atoms with Gasteiger partial charge in [-0.05, 0) is 0 Å². The summed E-state index contributed by atoms with van der Waals surface area (Å²) in [4.78, 5) is 0. The first-order valence-electron chi connectivity index (χ1n) is 1.08. The van der Waals surface area contributed by atoms with Crippen LogP contribution in [0.5, 0.6) is 0 Å². The maximum atomic E-state index is 4.77. The molecule has 0 saturated carbocycles. The van der Waals surface area contributed by atoms with E-state index in [1.54, 1.807) is 0 Å². The minimum atomic E-state index is 1.10. The van der Waals surface area contributed by atoms with Crippen LogP contribution < -0.4 is 0 Å². The van der Waals surface area contributed by atoms with Gasteiger partial charge < -0.3 is 4.20 Å². The van der Waals surface area contributed by atoms with Crippen molar-refractivity contribution in [2.75, 3.05) is 0 Å². The molecule has 1 rings (SSSR count). The highest BCUT2D eigenvalue weighted by molar-refractivity contribution is 8.15. The summed E-state index contributed by atoms with van der Waals surface area (Å²) in [5.74, 6) is 1.81. The highest BCUT2D eigenvalue weighted by atomic mass is 32.1. The van der Waals surface area contributed by atoms with Crippen molar-refractivity contribution in [3.8, 4) is 0 Å². The van der Waals surface area contributed by atoms with Gasteiger partial charge in [0.25, 0.3) is 0 Å². The maximum Gasteiger partial charge on any atom is 0.161 e. The average Bonchev–Trinajstić information content (AvgIpc) is 1.76. The molecule has 1 nitrogen and oxygen atoms in total. The van der Waals surface area contributed by atoms with E-state index in [4.69, 9.17) is 4.20 Å².